The molecule has 0 aromatic rings. The van der Waals surface area contributed by atoms with Crippen molar-refractivity contribution in [2.45, 2.75) is 52.7 Å². The number of nitrogens with one attached hydrogen (secondary N) is 1. The first-order valence-electron chi connectivity index (χ1n) is 7.12. The molecule has 0 radical (unpaired) electrons. The Hall–Kier alpha value is -1.63. The van der Waals surface area contributed by atoms with Crippen molar-refractivity contribution in [3.63, 3.8) is 0 Å². The summed E-state index contributed by atoms with van der Waals surface area (Å²) in [4.78, 5) is 34.7. The predicted octanol–water partition coefficient (Wildman–Crippen LogP) is -0.0472. The van der Waals surface area contributed by atoms with Crippen LogP contribution in [0.4, 0.5) is 0 Å². The number of aliphatic hydroxyl groups is 1. The zero-order valence-corrected chi connectivity index (χ0v) is 13.1. The van der Waals surface area contributed by atoms with E-state index in [0.29, 0.717) is 0 Å². The number of ether oxygens (including phenoxy) is 1. The smallest absolute Gasteiger partial charge is 0.306 e. The maximum absolute atomic E-state index is 11.8. The number of rotatable bonds is 9. The molecule has 0 aliphatic rings. The quantitative estimate of drug-likeness (QED) is 0.516. The van der Waals surface area contributed by atoms with Gasteiger partial charge in [0.2, 0.25) is 11.8 Å². The van der Waals surface area contributed by atoms with Crippen LogP contribution in [0, 0.1) is 11.8 Å². The number of amides is 2. The minimum atomic E-state index is -1.21. The Balaban J connectivity index is 4.65. The summed E-state index contributed by atoms with van der Waals surface area (Å²) < 4.78 is 4.79. The van der Waals surface area contributed by atoms with E-state index < -0.39 is 35.8 Å². The third kappa shape index (κ3) is 7.65. The normalized spacial score (nSPS) is 15.1. The minimum Gasteiger partial charge on any atom is -0.466 e. The molecule has 0 rings (SSSR count). The van der Waals surface area contributed by atoms with Crippen molar-refractivity contribution in [3.8, 4) is 0 Å². The Morgan fingerprint density at radius 3 is 2.24 bits per heavy atom. The predicted molar refractivity (Wildman–Crippen MR) is 77.0 cm³/mol. The van der Waals surface area contributed by atoms with Gasteiger partial charge in [-0.25, -0.2) is 0 Å². The van der Waals surface area contributed by atoms with E-state index in [2.05, 4.69) is 5.32 Å². The van der Waals surface area contributed by atoms with Crippen LogP contribution in [0.3, 0.4) is 0 Å². The van der Waals surface area contributed by atoms with E-state index in [-0.39, 0.29) is 25.4 Å². The number of aliphatic hydroxyl groups excluding tert-OH is 1. The van der Waals surface area contributed by atoms with Gasteiger partial charge in [0, 0.05) is 0 Å². The van der Waals surface area contributed by atoms with Gasteiger partial charge in [0.05, 0.1) is 13.0 Å². The van der Waals surface area contributed by atoms with Crippen LogP contribution < -0.4 is 11.1 Å². The molecule has 0 aliphatic heterocycles. The van der Waals surface area contributed by atoms with E-state index in [9.17, 15) is 19.5 Å². The topological polar surface area (TPSA) is 119 Å². The summed E-state index contributed by atoms with van der Waals surface area (Å²) >= 11 is 0. The molecule has 0 heterocycles. The summed E-state index contributed by atoms with van der Waals surface area (Å²) in [6, 6.07) is -1.02. The fourth-order valence-electron chi connectivity index (χ4n) is 1.90. The van der Waals surface area contributed by atoms with Crippen LogP contribution in [-0.2, 0) is 19.1 Å². The van der Waals surface area contributed by atoms with Crippen molar-refractivity contribution in [1.82, 2.24) is 5.32 Å². The van der Waals surface area contributed by atoms with Crippen LogP contribution >= 0.6 is 0 Å². The zero-order chi connectivity index (χ0) is 16.6. The second-order valence-electron chi connectivity index (χ2n) is 5.52. The summed E-state index contributed by atoms with van der Waals surface area (Å²) in [5.74, 6) is -2.26. The van der Waals surface area contributed by atoms with Crippen molar-refractivity contribution in [1.29, 1.82) is 0 Å². The Labute approximate surface area is 125 Å². The summed E-state index contributed by atoms with van der Waals surface area (Å²) in [6.07, 6.45) is -0.965. The average molecular weight is 302 g/mol. The molecular weight excluding hydrogens is 276 g/mol. The lowest BCUT2D eigenvalue weighted by atomic mass is 9.97. The Morgan fingerprint density at radius 1 is 1.24 bits per heavy atom. The molecule has 0 aromatic carbocycles. The lowest BCUT2D eigenvalue weighted by molar-refractivity contribution is -0.145. The molecule has 21 heavy (non-hydrogen) atoms. The summed E-state index contributed by atoms with van der Waals surface area (Å²) in [7, 11) is 0. The van der Waals surface area contributed by atoms with Crippen LogP contribution in [0.25, 0.3) is 0 Å². The number of hydrogen-bond donors (Lipinski definition) is 3. The van der Waals surface area contributed by atoms with E-state index in [1.165, 1.54) is 0 Å². The molecule has 0 aliphatic carbocycles. The third-order valence-corrected chi connectivity index (χ3v) is 2.96. The van der Waals surface area contributed by atoms with E-state index in [1.807, 2.05) is 13.8 Å². The van der Waals surface area contributed by atoms with Gasteiger partial charge in [0.15, 0.2) is 0 Å². The second kappa shape index (κ2) is 9.33. The van der Waals surface area contributed by atoms with Gasteiger partial charge < -0.3 is 20.9 Å². The standard InChI is InChI=1S/C14H26N2O5/c1-5-21-11(18)7-9(4)12(13(15)19)16-14(20)10(17)6-8(2)3/h8-10,12,17H,5-7H2,1-4H3,(H2,15,19)(H,16,20)/t9-,10-,12+/m0/s1. The van der Waals surface area contributed by atoms with Crippen molar-refractivity contribution in [3.05, 3.63) is 0 Å². The molecule has 0 saturated carbocycles. The first-order valence-corrected chi connectivity index (χ1v) is 7.12. The third-order valence-electron chi connectivity index (χ3n) is 2.96. The summed E-state index contributed by atoms with van der Waals surface area (Å²) in [6.45, 7) is 7.27. The zero-order valence-electron chi connectivity index (χ0n) is 13.1. The lowest BCUT2D eigenvalue weighted by Crippen LogP contribution is -2.51. The van der Waals surface area contributed by atoms with Gasteiger partial charge in [0.1, 0.15) is 12.1 Å². The number of primary amides is 1. The maximum Gasteiger partial charge on any atom is 0.306 e. The molecule has 7 heteroatoms. The van der Waals surface area contributed by atoms with Crippen molar-refractivity contribution in [2.24, 2.45) is 17.6 Å². The molecule has 4 N–H and O–H groups in total. The largest absolute Gasteiger partial charge is 0.466 e. The Kier molecular flexibility index (Phi) is 8.61. The number of esters is 1. The molecule has 122 valence electrons. The van der Waals surface area contributed by atoms with Gasteiger partial charge in [-0.05, 0) is 25.2 Å². The average Bonchev–Trinajstić information content (AvgIpc) is 2.34. The summed E-state index contributed by atoms with van der Waals surface area (Å²) in [5, 5.41) is 12.1. The van der Waals surface area contributed by atoms with Crippen LogP contribution in [-0.4, -0.2) is 41.6 Å². The molecule has 0 fully saturated rings. The van der Waals surface area contributed by atoms with Gasteiger partial charge in [-0.1, -0.05) is 20.8 Å². The number of hydrogen-bond acceptors (Lipinski definition) is 5. The first kappa shape index (κ1) is 19.4. The van der Waals surface area contributed by atoms with E-state index in [1.54, 1.807) is 13.8 Å². The van der Waals surface area contributed by atoms with Crippen molar-refractivity contribution in [2.75, 3.05) is 6.61 Å². The minimum absolute atomic E-state index is 0.0397. The van der Waals surface area contributed by atoms with E-state index in [4.69, 9.17) is 10.5 Å². The monoisotopic (exact) mass is 302 g/mol. The van der Waals surface area contributed by atoms with Gasteiger partial charge in [-0.2, -0.15) is 0 Å². The number of nitrogens with two attached hydrogens (primary N) is 1. The SMILES string of the molecule is CCOC(=O)C[C@H](C)[C@@H](NC(=O)[C@@H](O)CC(C)C)C(N)=O. The fourth-order valence-corrected chi connectivity index (χ4v) is 1.90. The number of carbonyl (C=O) groups excluding carboxylic acids is 3. The Bertz CT molecular complexity index is 370. The summed E-state index contributed by atoms with van der Waals surface area (Å²) in [5.41, 5.74) is 5.25. The van der Waals surface area contributed by atoms with Crippen LogP contribution in [0.15, 0.2) is 0 Å². The number of carbonyl (C=O) groups is 3. The lowest BCUT2D eigenvalue weighted by Gasteiger charge is -2.23. The highest BCUT2D eigenvalue weighted by molar-refractivity contribution is 5.89. The van der Waals surface area contributed by atoms with Crippen LogP contribution in [0.5, 0.6) is 0 Å². The highest BCUT2D eigenvalue weighted by Gasteiger charge is 2.29. The van der Waals surface area contributed by atoms with E-state index in [0.717, 1.165) is 0 Å². The molecule has 3 atom stereocenters. The molecule has 7 nitrogen and oxygen atoms in total. The Morgan fingerprint density at radius 2 is 1.81 bits per heavy atom. The molecule has 0 unspecified atom stereocenters. The van der Waals surface area contributed by atoms with Gasteiger partial charge in [0.25, 0.3) is 0 Å². The molecule has 0 saturated heterocycles. The molecule has 0 aromatic heterocycles. The molecule has 2 amide bonds. The molecule has 0 bridgehead atoms. The maximum atomic E-state index is 11.8. The van der Waals surface area contributed by atoms with Gasteiger partial charge in [-0.15, -0.1) is 0 Å². The van der Waals surface area contributed by atoms with Crippen LogP contribution in [0.1, 0.15) is 40.5 Å². The van der Waals surface area contributed by atoms with Gasteiger partial charge in [-0.3, -0.25) is 14.4 Å². The highest BCUT2D eigenvalue weighted by Crippen LogP contribution is 2.11. The molecule has 0 spiro atoms. The van der Waals surface area contributed by atoms with Crippen molar-refractivity contribution >= 4 is 17.8 Å². The molecular formula is C14H26N2O5. The van der Waals surface area contributed by atoms with Crippen LogP contribution in [0.2, 0.25) is 0 Å². The fraction of sp³-hybridized carbons (Fsp3) is 0.786. The highest BCUT2D eigenvalue weighted by atomic mass is 16.5. The van der Waals surface area contributed by atoms with Gasteiger partial charge >= 0.3 is 5.97 Å². The van der Waals surface area contributed by atoms with E-state index >= 15 is 0 Å². The van der Waals surface area contributed by atoms with Crippen molar-refractivity contribution < 1.29 is 24.2 Å². The second-order valence-corrected chi connectivity index (χ2v) is 5.52. The first-order chi connectivity index (χ1) is 9.68.